The summed E-state index contributed by atoms with van der Waals surface area (Å²) in [7, 11) is 0. The molecule has 8 nitrogen and oxygen atoms in total. The number of nitrogens with zero attached hydrogens (tertiary/aromatic N) is 2. The Hall–Kier alpha value is -3.39. The molecule has 8 heteroatoms. The summed E-state index contributed by atoms with van der Waals surface area (Å²) in [6.45, 7) is 6.95. The molecule has 4 rings (SSSR count). The molecule has 0 unspecified atom stereocenters. The molecule has 1 fully saturated rings. The van der Waals surface area contributed by atoms with Crippen LogP contribution in [0.2, 0.25) is 0 Å². The average molecular weight is 466 g/mol. The van der Waals surface area contributed by atoms with Gasteiger partial charge in [-0.2, -0.15) is 0 Å². The van der Waals surface area contributed by atoms with Crippen molar-refractivity contribution in [3.8, 4) is 11.5 Å². The molecule has 34 heavy (non-hydrogen) atoms. The minimum atomic E-state index is -0.321. The number of benzene rings is 2. The number of amides is 2. The van der Waals surface area contributed by atoms with Crippen molar-refractivity contribution in [1.29, 1.82) is 0 Å². The molecule has 2 amide bonds. The van der Waals surface area contributed by atoms with Gasteiger partial charge in [0.15, 0.2) is 19.0 Å². The number of hydrogen-bond donors (Lipinski definition) is 1. The summed E-state index contributed by atoms with van der Waals surface area (Å²) < 4.78 is 11.3. The van der Waals surface area contributed by atoms with Crippen molar-refractivity contribution >= 4 is 23.3 Å². The van der Waals surface area contributed by atoms with Crippen LogP contribution < -0.4 is 19.7 Å². The summed E-state index contributed by atoms with van der Waals surface area (Å²) in [5.74, 6) is 0.379. The fourth-order valence-corrected chi connectivity index (χ4v) is 4.36. The lowest BCUT2D eigenvalue weighted by Crippen LogP contribution is -2.46. The van der Waals surface area contributed by atoms with Gasteiger partial charge in [0.2, 0.25) is 5.91 Å². The first-order valence-corrected chi connectivity index (χ1v) is 11.7. The fourth-order valence-electron chi connectivity index (χ4n) is 4.36. The Morgan fingerprint density at radius 2 is 1.82 bits per heavy atom. The number of likely N-dealkylation sites (tertiary alicyclic amines) is 1. The highest BCUT2D eigenvalue weighted by molar-refractivity contribution is 6.04. The van der Waals surface area contributed by atoms with Crippen LogP contribution in [0.3, 0.4) is 0 Å². The van der Waals surface area contributed by atoms with Gasteiger partial charge in [0.25, 0.3) is 5.91 Å². The van der Waals surface area contributed by atoms with E-state index in [1.807, 2.05) is 32.0 Å². The number of nitrogens with one attached hydrogen (secondary N) is 1. The van der Waals surface area contributed by atoms with Crippen LogP contribution >= 0.6 is 0 Å². The van der Waals surface area contributed by atoms with E-state index in [0.717, 1.165) is 30.8 Å². The van der Waals surface area contributed by atoms with Crippen LogP contribution in [0.5, 0.6) is 11.5 Å². The minimum Gasteiger partial charge on any atom is -0.485 e. The standard InChI is InChI=1S/C26H31N3O5/c1-18-6-5-7-19(2)26(18)34-16-22(30)20-8-9-23-21(14-20)29(25(32)17-33-23)15-24(31)27-10-13-28-11-3-4-12-28/h5-9,14H,3-4,10-13,15-17H2,1-2H3,(H,27,31). The van der Waals surface area contributed by atoms with Crippen LogP contribution in [0.1, 0.15) is 34.3 Å². The van der Waals surface area contributed by atoms with Gasteiger partial charge in [-0.25, -0.2) is 0 Å². The van der Waals surface area contributed by atoms with Crippen molar-refractivity contribution in [1.82, 2.24) is 10.2 Å². The second-order valence-corrected chi connectivity index (χ2v) is 8.78. The first-order chi connectivity index (χ1) is 16.4. The number of fused-ring (bicyclic) bond motifs is 1. The van der Waals surface area contributed by atoms with E-state index in [1.54, 1.807) is 18.2 Å². The number of anilines is 1. The quantitative estimate of drug-likeness (QED) is 0.573. The van der Waals surface area contributed by atoms with Gasteiger partial charge in [-0.3, -0.25) is 19.3 Å². The van der Waals surface area contributed by atoms with E-state index >= 15 is 0 Å². The molecule has 2 aromatic rings. The summed E-state index contributed by atoms with van der Waals surface area (Å²) in [6, 6.07) is 10.7. The molecular formula is C26H31N3O5. The van der Waals surface area contributed by atoms with Crippen molar-refractivity contribution in [3.63, 3.8) is 0 Å². The zero-order valence-corrected chi connectivity index (χ0v) is 19.8. The minimum absolute atomic E-state index is 0.119. The van der Waals surface area contributed by atoms with Crippen LogP contribution in [-0.2, 0) is 9.59 Å². The zero-order valence-electron chi connectivity index (χ0n) is 19.8. The SMILES string of the molecule is Cc1cccc(C)c1OCC(=O)c1ccc2c(c1)N(CC(=O)NCCN1CCCC1)C(=O)CO2. The summed E-state index contributed by atoms with van der Waals surface area (Å²) in [4.78, 5) is 41.6. The summed E-state index contributed by atoms with van der Waals surface area (Å²) in [5, 5.41) is 2.89. The molecule has 0 aliphatic carbocycles. The van der Waals surface area contributed by atoms with Crippen LogP contribution in [0.15, 0.2) is 36.4 Å². The zero-order chi connectivity index (χ0) is 24.1. The number of Topliss-reactive ketones (excluding diaryl/α,β-unsaturated/α-hetero) is 1. The molecular weight excluding hydrogens is 434 g/mol. The smallest absolute Gasteiger partial charge is 0.265 e. The molecule has 180 valence electrons. The molecule has 0 radical (unpaired) electrons. The third-order valence-corrected chi connectivity index (χ3v) is 6.23. The van der Waals surface area contributed by atoms with E-state index in [9.17, 15) is 14.4 Å². The molecule has 2 heterocycles. The number of aryl methyl sites for hydroxylation is 2. The number of ether oxygens (including phenoxy) is 2. The summed E-state index contributed by atoms with van der Waals surface area (Å²) in [5.41, 5.74) is 2.73. The largest absolute Gasteiger partial charge is 0.485 e. The molecule has 1 saturated heterocycles. The van der Waals surface area contributed by atoms with Gasteiger partial charge in [-0.15, -0.1) is 0 Å². The van der Waals surface area contributed by atoms with Crippen molar-refractivity contribution < 1.29 is 23.9 Å². The molecule has 2 aliphatic heterocycles. The van der Waals surface area contributed by atoms with E-state index in [2.05, 4.69) is 10.2 Å². The van der Waals surface area contributed by atoms with E-state index in [0.29, 0.717) is 29.3 Å². The molecule has 2 aromatic carbocycles. The monoisotopic (exact) mass is 465 g/mol. The summed E-state index contributed by atoms with van der Waals surface area (Å²) in [6.07, 6.45) is 2.40. The normalized spacial score (nSPS) is 15.6. The maximum absolute atomic E-state index is 12.9. The molecule has 1 N–H and O–H groups in total. The molecule has 2 aliphatic rings. The Bertz CT molecular complexity index is 1060. The lowest BCUT2D eigenvalue weighted by Gasteiger charge is -2.29. The molecule has 0 saturated carbocycles. The van der Waals surface area contributed by atoms with E-state index in [-0.39, 0.29) is 37.4 Å². The molecule has 0 atom stereocenters. The Morgan fingerprint density at radius 1 is 1.09 bits per heavy atom. The van der Waals surface area contributed by atoms with E-state index < -0.39 is 0 Å². The highest BCUT2D eigenvalue weighted by Crippen LogP contribution is 2.33. The number of para-hydroxylation sites is 1. The lowest BCUT2D eigenvalue weighted by atomic mass is 10.1. The molecule has 0 bridgehead atoms. The Morgan fingerprint density at radius 3 is 2.56 bits per heavy atom. The Balaban J connectivity index is 1.41. The van der Waals surface area contributed by atoms with Crippen LogP contribution in [0.25, 0.3) is 0 Å². The maximum atomic E-state index is 12.9. The third-order valence-electron chi connectivity index (χ3n) is 6.23. The summed E-state index contributed by atoms with van der Waals surface area (Å²) >= 11 is 0. The van der Waals surface area contributed by atoms with Gasteiger partial charge >= 0.3 is 0 Å². The Labute approximate surface area is 199 Å². The van der Waals surface area contributed by atoms with Gasteiger partial charge in [-0.1, -0.05) is 18.2 Å². The predicted molar refractivity (Wildman–Crippen MR) is 129 cm³/mol. The number of carbonyl (C=O) groups is 3. The van der Waals surface area contributed by atoms with Gasteiger partial charge in [0, 0.05) is 18.7 Å². The highest BCUT2D eigenvalue weighted by atomic mass is 16.5. The predicted octanol–water partition coefficient (Wildman–Crippen LogP) is 2.50. The first kappa shape index (κ1) is 23.8. The highest BCUT2D eigenvalue weighted by Gasteiger charge is 2.28. The lowest BCUT2D eigenvalue weighted by molar-refractivity contribution is -0.125. The number of hydrogen-bond acceptors (Lipinski definition) is 6. The van der Waals surface area contributed by atoms with E-state index in [4.69, 9.17) is 9.47 Å². The molecule has 0 spiro atoms. The maximum Gasteiger partial charge on any atom is 0.265 e. The number of carbonyl (C=O) groups excluding carboxylic acids is 3. The van der Waals surface area contributed by atoms with Crippen molar-refractivity contribution in [3.05, 3.63) is 53.1 Å². The van der Waals surface area contributed by atoms with Gasteiger partial charge in [-0.05, 0) is 69.1 Å². The number of rotatable bonds is 9. The van der Waals surface area contributed by atoms with Crippen LogP contribution in [0.4, 0.5) is 5.69 Å². The second kappa shape index (κ2) is 10.7. The first-order valence-electron chi connectivity index (χ1n) is 11.7. The van der Waals surface area contributed by atoms with Crippen molar-refractivity contribution in [2.45, 2.75) is 26.7 Å². The van der Waals surface area contributed by atoms with Crippen molar-refractivity contribution in [2.24, 2.45) is 0 Å². The van der Waals surface area contributed by atoms with Crippen LogP contribution in [0, 0.1) is 13.8 Å². The average Bonchev–Trinajstić information content (AvgIpc) is 3.34. The fraction of sp³-hybridized carbons (Fsp3) is 0.423. The van der Waals surface area contributed by atoms with E-state index in [1.165, 1.54) is 17.7 Å². The number of ketones is 1. The molecule has 0 aromatic heterocycles. The Kier molecular flexibility index (Phi) is 7.47. The van der Waals surface area contributed by atoms with Crippen LogP contribution in [-0.4, -0.2) is 68.4 Å². The van der Waals surface area contributed by atoms with Crippen molar-refractivity contribution in [2.75, 3.05) is 50.8 Å². The van der Waals surface area contributed by atoms with Gasteiger partial charge in [0.05, 0.1) is 5.69 Å². The second-order valence-electron chi connectivity index (χ2n) is 8.78. The topological polar surface area (TPSA) is 88.2 Å². The van der Waals surface area contributed by atoms with Gasteiger partial charge in [0.1, 0.15) is 18.0 Å². The third kappa shape index (κ3) is 5.56. The van der Waals surface area contributed by atoms with Gasteiger partial charge < -0.3 is 19.7 Å².